The van der Waals surface area contributed by atoms with Crippen molar-refractivity contribution < 1.29 is 14.6 Å². The third kappa shape index (κ3) is 4.08. The highest BCUT2D eigenvalue weighted by Crippen LogP contribution is 2.37. The molecule has 8 nitrogen and oxygen atoms in total. The van der Waals surface area contributed by atoms with Gasteiger partial charge in [-0.1, -0.05) is 30.3 Å². The molecular weight excluding hydrogens is 406 g/mol. The van der Waals surface area contributed by atoms with E-state index in [9.17, 15) is 9.90 Å². The van der Waals surface area contributed by atoms with E-state index in [1.807, 2.05) is 42.5 Å². The Labute approximate surface area is 187 Å². The van der Waals surface area contributed by atoms with Gasteiger partial charge in [-0.2, -0.15) is 0 Å². The summed E-state index contributed by atoms with van der Waals surface area (Å²) < 4.78 is 7.53. The Balaban J connectivity index is 1.42. The van der Waals surface area contributed by atoms with E-state index >= 15 is 0 Å². The van der Waals surface area contributed by atoms with Crippen LogP contribution in [-0.2, 0) is 15.1 Å². The highest BCUT2D eigenvalue weighted by molar-refractivity contribution is 5.92. The lowest BCUT2D eigenvalue weighted by Crippen LogP contribution is -2.36. The molecule has 0 bridgehead atoms. The van der Waals surface area contributed by atoms with Crippen LogP contribution in [0.1, 0.15) is 44.2 Å². The number of amides is 1. The summed E-state index contributed by atoms with van der Waals surface area (Å²) in [7, 11) is 0. The summed E-state index contributed by atoms with van der Waals surface area (Å²) in [6.45, 7) is 4.68. The molecule has 1 aliphatic carbocycles. The second kappa shape index (κ2) is 8.52. The number of fused-ring (bicyclic) bond motifs is 1. The summed E-state index contributed by atoms with van der Waals surface area (Å²) in [6, 6.07) is 13.5. The van der Waals surface area contributed by atoms with Crippen LogP contribution < -0.4 is 10.2 Å². The standard InChI is InChI=1S/C24H29N5O3/c1-24(31,17-6-3-2-4-7-17)16-21(30)27-23-25-19-10-11-20(28-12-14-32-15-13-28)26-22(19)29(23)18-8-5-9-18/h2-4,6-7,10-11,18,31H,5,8-9,12-16H2,1H3,(H,25,27,30)/t24-/m0/s1. The maximum atomic E-state index is 12.9. The van der Waals surface area contributed by atoms with E-state index in [4.69, 9.17) is 9.72 Å². The van der Waals surface area contributed by atoms with Gasteiger partial charge in [0.1, 0.15) is 11.3 Å². The molecule has 32 heavy (non-hydrogen) atoms. The largest absolute Gasteiger partial charge is 0.385 e. The zero-order valence-electron chi connectivity index (χ0n) is 18.3. The fourth-order valence-corrected chi connectivity index (χ4v) is 4.39. The van der Waals surface area contributed by atoms with Gasteiger partial charge >= 0.3 is 0 Å². The number of ether oxygens (including phenoxy) is 1. The molecule has 8 heteroatoms. The topological polar surface area (TPSA) is 92.5 Å². The molecule has 168 valence electrons. The van der Waals surface area contributed by atoms with Gasteiger partial charge in [0.15, 0.2) is 5.65 Å². The van der Waals surface area contributed by atoms with Crippen LogP contribution in [0.25, 0.3) is 11.2 Å². The normalized spacial score (nSPS) is 18.9. The van der Waals surface area contributed by atoms with Crippen LogP contribution in [0.4, 0.5) is 11.8 Å². The van der Waals surface area contributed by atoms with Crippen LogP contribution >= 0.6 is 0 Å². The van der Waals surface area contributed by atoms with Crippen molar-refractivity contribution >= 4 is 28.8 Å². The number of carbonyl (C=O) groups is 1. The van der Waals surface area contributed by atoms with Crippen molar-refractivity contribution in [3.8, 4) is 0 Å². The fraction of sp³-hybridized carbons (Fsp3) is 0.458. The third-order valence-electron chi connectivity index (χ3n) is 6.45. The molecule has 0 spiro atoms. The van der Waals surface area contributed by atoms with Crippen molar-refractivity contribution in [1.82, 2.24) is 14.5 Å². The van der Waals surface area contributed by atoms with E-state index in [1.165, 1.54) is 0 Å². The number of rotatable bonds is 6. The second-order valence-corrected chi connectivity index (χ2v) is 8.87. The molecule has 1 atom stereocenters. The van der Waals surface area contributed by atoms with Crippen molar-refractivity contribution in [3.63, 3.8) is 0 Å². The van der Waals surface area contributed by atoms with E-state index in [2.05, 4.69) is 19.8 Å². The number of morpholine rings is 1. The number of pyridine rings is 1. The lowest BCUT2D eigenvalue weighted by Gasteiger charge is -2.30. The highest BCUT2D eigenvalue weighted by Gasteiger charge is 2.30. The van der Waals surface area contributed by atoms with Gasteiger partial charge in [0.2, 0.25) is 11.9 Å². The molecule has 3 aromatic rings. The molecule has 2 aromatic heterocycles. The van der Waals surface area contributed by atoms with Gasteiger partial charge in [-0.3, -0.25) is 14.7 Å². The van der Waals surface area contributed by atoms with Crippen molar-refractivity contribution in [3.05, 3.63) is 48.0 Å². The molecule has 3 heterocycles. The molecule has 1 saturated carbocycles. The Kier molecular flexibility index (Phi) is 5.57. The van der Waals surface area contributed by atoms with E-state index in [0.29, 0.717) is 24.7 Å². The van der Waals surface area contributed by atoms with E-state index in [-0.39, 0.29) is 18.4 Å². The minimum atomic E-state index is -1.26. The monoisotopic (exact) mass is 435 g/mol. The van der Waals surface area contributed by atoms with Gasteiger partial charge < -0.3 is 14.7 Å². The molecule has 0 radical (unpaired) electrons. The third-order valence-corrected chi connectivity index (χ3v) is 6.45. The zero-order chi connectivity index (χ0) is 22.1. The Hall–Kier alpha value is -2.97. The Bertz CT molecular complexity index is 1100. The molecule has 2 fully saturated rings. The fourth-order valence-electron chi connectivity index (χ4n) is 4.39. The number of hydrogen-bond donors (Lipinski definition) is 2. The maximum absolute atomic E-state index is 12.9. The second-order valence-electron chi connectivity index (χ2n) is 8.87. The lowest BCUT2D eigenvalue weighted by molar-refractivity contribution is -0.120. The first-order valence-electron chi connectivity index (χ1n) is 11.3. The van der Waals surface area contributed by atoms with Gasteiger partial charge in [-0.15, -0.1) is 0 Å². The number of nitrogens with one attached hydrogen (secondary N) is 1. The van der Waals surface area contributed by atoms with Gasteiger partial charge in [-0.25, -0.2) is 9.97 Å². The minimum Gasteiger partial charge on any atom is -0.385 e. The number of aliphatic hydroxyl groups is 1. The lowest BCUT2D eigenvalue weighted by atomic mass is 9.92. The van der Waals surface area contributed by atoms with Crippen LogP contribution in [0, 0.1) is 0 Å². The van der Waals surface area contributed by atoms with Gasteiger partial charge in [-0.05, 0) is 43.9 Å². The predicted octanol–water partition coefficient (Wildman–Crippen LogP) is 3.23. The molecule has 1 aliphatic heterocycles. The molecular formula is C24H29N5O3. The first-order valence-corrected chi connectivity index (χ1v) is 11.3. The molecule has 0 unspecified atom stereocenters. The molecule has 1 saturated heterocycles. The number of anilines is 2. The Morgan fingerprint density at radius 1 is 1.16 bits per heavy atom. The van der Waals surface area contributed by atoms with E-state index < -0.39 is 5.60 Å². The highest BCUT2D eigenvalue weighted by atomic mass is 16.5. The van der Waals surface area contributed by atoms with Gasteiger partial charge in [0.05, 0.1) is 25.2 Å². The molecule has 1 amide bonds. The summed E-state index contributed by atoms with van der Waals surface area (Å²) in [4.78, 5) is 24.7. The van der Waals surface area contributed by atoms with E-state index in [0.717, 1.165) is 49.3 Å². The first kappa shape index (κ1) is 20.9. The SMILES string of the molecule is C[C@](O)(CC(=O)Nc1nc2ccc(N3CCOCC3)nc2n1C1CCC1)c1ccccc1. The molecule has 5 rings (SSSR count). The maximum Gasteiger partial charge on any atom is 0.229 e. The average molecular weight is 436 g/mol. The zero-order valence-corrected chi connectivity index (χ0v) is 18.3. The molecule has 2 aliphatic rings. The quantitative estimate of drug-likeness (QED) is 0.618. The van der Waals surface area contributed by atoms with Crippen LogP contribution in [0.2, 0.25) is 0 Å². The number of hydrogen-bond acceptors (Lipinski definition) is 6. The van der Waals surface area contributed by atoms with Gasteiger partial charge in [0, 0.05) is 19.1 Å². The number of benzene rings is 1. The summed E-state index contributed by atoms with van der Waals surface area (Å²) in [5.41, 5.74) is 1.00. The first-order chi connectivity index (χ1) is 15.5. The van der Waals surface area contributed by atoms with Crippen molar-refractivity contribution in [1.29, 1.82) is 0 Å². The number of carbonyl (C=O) groups excluding carboxylic acids is 1. The van der Waals surface area contributed by atoms with Crippen LogP contribution in [0.15, 0.2) is 42.5 Å². The molecule has 1 aromatic carbocycles. The Morgan fingerprint density at radius 2 is 1.91 bits per heavy atom. The number of imidazole rings is 1. The van der Waals surface area contributed by atoms with Gasteiger partial charge in [0.25, 0.3) is 0 Å². The summed E-state index contributed by atoms with van der Waals surface area (Å²) >= 11 is 0. The average Bonchev–Trinajstić information content (AvgIpc) is 3.10. The number of nitrogens with zero attached hydrogens (tertiary/aromatic N) is 4. The predicted molar refractivity (Wildman–Crippen MR) is 123 cm³/mol. The summed E-state index contributed by atoms with van der Waals surface area (Å²) in [5, 5.41) is 13.8. The Morgan fingerprint density at radius 3 is 2.59 bits per heavy atom. The van der Waals surface area contributed by atoms with Crippen molar-refractivity contribution in [2.45, 2.75) is 44.2 Å². The summed E-state index contributed by atoms with van der Waals surface area (Å²) in [5.74, 6) is 1.14. The van der Waals surface area contributed by atoms with E-state index in [1.54, 1.807) is 6.92 Å². The van der Waals surface area contributed by atoms with Crippen LogP contribution in [0.3, 0.4) is 0 Å². The minimum absolute atomic E-state index is 0.0582. The van der Waals surface area contributed by atoms with Crippen LogP contribution in [0.5, 0.6) is 0 Å². The van der Waals surface area contributed by atoms with Crippen molar-refractivity contribution in [2.75, 3.05) is 36.5 Å². The number of aromatic nitrogens is 3. The molecule has 2 N–H and O–H groups in total. The van der Waals surface area contributed by atoms with Crippen LogP contribution in [-0.4, -0.2) is 51.9 Å². The summed E-state index contributed by atoms with van der Waals surface area (Å²) in [6.07, 6.45) is 3.18. The smallest absolute Gasteiger partial charge is 0.229 e. The van der Waals surface area contributed by atoms with Crippen molar-refractivity contribution in [2.24, 2.45) is 0 Å².